The number of amides is 1. The Morgan fingerprint density at radius 1 is 1.26 bits per heavy atom. The van der Waals surface area contributed by atoms with Gasteiger partial charge in [-0.1, -0.05) is 6.08 Å². The number of nitrogens with one attached hydrogen (secondary N) is 1. The maximum absolute atomic E-state index is 13.0. The van der Waals surface area contributed by atoms with Gasteiger partial charge in [0.15, 0.2) is 12.0 Å². The van der Waals surface area contributed by atoms with Gasteiger partial charge in [-0.3, -0.25) is 9.48 Å². The summed E-state index contributed by atoms with van der Waals surface area (Å²) in [5, 5.41) is 24.6. The summed E-state index contributed by atoms with van der Waals surface area (Å²) >= 11 is 0. The lowest BCUT2D eigenvalue weighted by Crippen LogP contribution is -2.45. The maximum atomic E-state index is 13.0. The molecule has 4 rings (SSSR count). The number of aliphatic hydroxyl groups is 1. The van der Waals surface area contributed by atoms with E-state index in [2.05, 4.69) is 27.2 Å². The summed E-state index contributed by atoms with van der Waals surface area (Å²) in [4.78, 5) is 13.5. The minimum atomic E-state index is -4.48. The van der Waals surface area contributed by atoms with Crippen LogP contribution >= 0.6 is 0 Å². The van der Waals surface area contributed by atoms with Gasteiger partial charge in [-0.15, -0.1) is 16.8 Å². The van der Waals surface area contributed by atoms with Crippen molar-refractivity contribution in [2.45, 2.75) is 30.7 Å². The first-order valence-corrected chi connectivity index (χ1v) is 10.2. The summed E-state index contributed by atoms with van der Waals surface area (Å²) in [6.45, 7) is 3.43. The van der Waals surface area contributed by atoms with Crippen molar-refractivity contribution in [3.8, 4) is 11.5 Å². The molecule has 1 amide bonds. The quantitative estimate of drug-likeness (QED) is 0.379. The van der Waals surface area contributed by atoms with Crippen LogP contribution in [-0.4, -0.2) is 55.1 Å². The van der Waals surface area contributed by atoms with Crippen LogP contribution in [-0.2, 0) is 23.4 Å². The molecule has 35 heavy (non-hydrogen) atoms. The van der Waals surface area contributed by atoms with Gasteiger partial charge in [0.05, 0.1) is 5.56 Å². The number of aliphatic hydroxyl groups excluding tert-OH is 1. The molecule has 1 aromatic carbocycles. The number of aryl methyl sites for hydroxylation is 1. The van der Waals surface area contributed by atoms with Crippen LogP contribution in [0.15, 0.2) is 47.5 Å². The number of hydrogen-bond acceptors (Lipinski definition) is 7. The third-order valence-electron chi connectivity index (χ3n) is 5.62. The fourth-order valence-electron chi connectivity index (χ4n) is 3.75. The van der Waals surface area contributed by atoms with E-state index in [-0.39, 0.29) is 36.1 Å². The molecular weight excluding hydrogens is 479 g/mol. The molecule has 186 valence electrons. The maximum Gasteiger partial charge on any atom is 0.416 e. The van der Waals surface area contributed by atoms with Crippen LogP contribution < -0.4 is 5.32 Å². The number of rotatable bonds is 7. The molecule has 0 spiro atoms. The monoisotopic (exact) mass is 498 g/mol. The second kappa shape index (κ2) is 8.76. The van der Waals surface area contributed by atoms with Gasteiger partial charge in [-0.05, 0) is 30.7 Å². The summed E-state index contributed by atoms with van der Waals surface area (Å²) in [6, 6.07) is 4.28. The Labute approximate surface area is 194 Å². The van der Waals surface area contributed by atoms with E-state index in [4.69, 9.17) is 4.42 Å². The first-order valence-electron chi connectivity index (χ1n) is 10.2. The van der Waals surface area contributed by atoms with Crippen LogP contribution in [0.5, 0.6) is 0 Å². The van der Waals surface area contributed by atoms with Crippen molar-refractivity contribution < 1.29 is 36.3 Å². The zero-order valence-corrected chi connectivity index (χ0v) is 18.1. The second-order valence-corrected chi connectivity index (χ2v) is 7.85. The van der Waals surface area contributed by atoms with Crippen molar-refractivity contribution in [2.75, 3.05) is 11.9 Å². The van der Waals surface area contributed by atoms with Crippen molar-refractivity contribution in [1.82, 2.24) is 24.9 Å². The standard InChI is InChI=1S/C21H19F5N6O3/c1-3-20(8-9-32(19(20)34)17(33)14(22)23)18-29-28-16(35-18)13-10-31(2)30-15(13)27-12-6-4-11(5-7-12)21(24,25)26/h3-7,10,14,17,33H,1,8-9H2,2H3,(H,27,30). The highest BCUT2D eigenvalue weighted by atomic mass is 19.4. The minimum Gasteiger partial charge on any atom is -0.419 e. The number of carbonyl (C=O) groups is 1. The van der Waals surface area contributed by atoms with E-state index < -0.39 is 35.7 Å². The Morgan fingerprint density at radius 3 is 2.54 bits per heavy atom. The van der Waals surface area contributed by atoms with E-state index in [9.17, 15) is 31.9 Å². The highest BCUT2D eigenvalue weighted by Gasteiger charge is 2.52. The predicted octanol–water partition coefficient (Wildman–Crippen LogP) is 3.47. The molecule has 2 unspecified atom stereocenters. The van der Waals surface area contributed by atoms with Crippen molar-refractivity contribution in [3.05, 3.63) is 54.6 Å². The van der Waals surface area contributed by atoms with Crippen LogP contribution in [0, 0.1) is 0 Å². The summed E-state index contributed by atoms with van der Waals surface area (Å²) < 4.78 is 71.4. The van der Waals surface area contributed by atoms with Crippen LogP contribution in [0.3, 0.4) is 0 Å². The van der Waals surface area contributed by atoms with Crippen LogP contribution in [0.25, 0.3) is 11.5 Å². The molecule has 2 atom stereocenters. The van der Waals surface area contributed by atoms with Crippen LogP contribution in [0.1, 0.15) is 17.9 Å². The average Bonchev–Trinajstić information content (AvgIpc) is 3.50. The smallest absolute Gasteiger partial charge is 0.416 e. The normalized spacial score (nSPS) is 19.4. The van der Waals surface area contributed by atoms with E-state index >= 15 is 0 Å². The average molecular weight is 498 g/mol. The van der Waals surface area contributed by atoms with Crippen molar-refractivity contribution in [1.29, 1.82) is 0 Å². The molecule has 3 aromatic rings. The number of benzene rings is 1. The van der Waals surface area contributed by atoms with E-state index in [1.807, 2.05) is 0 Å². The van der Waals surface area contributed by atoms with Gasteiger partial charge in [0.2, 0.25) is 11.8 Å². The third kappa shape index (κ3) is 4.36. The first kappa shape index (κ1) is 24.3. The summed E-state index contributed by atoms with van der Waals surface area (Å²) in [6.07, 6.45) is -7.24. The van der Waals surface area contributed by atoms with Gasteiger partial charge in [0.25, 0.3) is 12.3 Å². The SMILES string of the molecule is C=CC1(c2nnc(-c3cn(C)nc3Nc3ccc(C(F)(F)F)cc3)o2)CCN(C(O)C(F)F)C1=O. The Hall–Kier alpha value is -3.81. The molecule has 1 aliphatic rings. The molecule has 2 N–H and O–H groups in total. The molecule has 14 heteroatoms. The van der Waals surface area contributed by atoms with Gasteiger partial charge in [0, 0.05) is 25.5 Å². The van der Waals surface area contributed by atoms with Gasteiger partial charge >= 0.3 is 6.18 Å². The molecule has 0 aliphatic carbocycles. The zero-order chi connectivity index (χ0) is 25.5. The van der Waals surface area contributed by atoms with Gasteiger partial charge < -0.3 is 19.7 Å². The Bertz CT molecular complexity index is 1240. The number of hydrogen-bond donors (Lipinski definition) is 2. The third-order valence-corrected chi connectivity index (χ3v) is 5.62. The van der Waals surface area contributed by atoms with E-state index in [0.717, 1.165) is 12.1 Å². The number of likely N-dealkylation sites (tertiary alicyclic amines) is 1. The summed E-state index contributed by atoms with van der Waals surface area (Å²) in [5.74, 6) is -0.961. The molecule has 1 aliphatic heterocycles. The first-order chi connectivity index (χ1) is 16.5. The van der Waals surface area contributed by atoms with Gasteiger partial charge in [0.1, 0.15) is 11.0 Å². The highest BCUT2D eigenvalue weighted by molar-refractivity contribution is 5.91. The Balaban J connectivity index is 1.62. The fourth-order valence-corrected chi connectivity index (χ4v) is 3.75. The van der Waals surface area contributed by atoms with Crippen molar-refractivity contribution in [3.63, 3.8) is 0 Å². The Kier molecular flexibility index (Phi) is 6.09. The topological polar surface area (TPSA) is 109 Å². The molecule has 0 bridgehead atoms. The largest absolute Gasteiger partial charge is 0.419 e. The number of anilines is 2. The zero-order valence-electron chi connectivity index (χ0n) is 18.1. The number of alkyl halides is 5. The van der Waals surface area contributed by atoms with E-state index in [0.29, 0.717) is 10.6 Å². The van der Waals surface area contributed by atoms with Crippen LogP contribution in [0.2, 0.25) is 0 Å². The van der Waals surface area contributed by atoms with E-state index in [1.165, 1.54) is 29.1 Å². The number of carbonyl (C=O) groups excluding carboxylic acids is 1. The van der Waals surface area contributed by atoms with E-state index in [1.54, 1.807) is 7.05 Å². The predicted molar refractivity (Wildman–Crippen MR) is 111 cm³/mol. The van der Waals surface area contributed by atoms with Crippen molar-refractivity contribution >= 4 is 17.4 Å². The van der Waals surface area contributed by atoms with Crippen molar-refractivity contribution in [2.24, 2.45) is 7.05 Å². The van der Waals surface area contributed by atoms with Crippen LogP contribution in [0.4, 0.5) is 33.5 Å². The second-order valence-electron chi connectivity index (χ2n) is 7.85. The van der Waals surface area contributed by atoms with Gasteiger partial charge in [-0.2, -0.15) is 18.3 Å². The molecule has 0 radical (unpaired) electrons. The number of nitrogens with zero attached hydrogens (tertiary/aromatic N) is 5. The lowest BCUT2D eigenvalue weighted by molar-refractivity contribution is -0.151. The summed E-state index contributed by atoms with van der Waals surface area (Å²) in [5.41, 5.74) is -1.83. The lowest BCUT2D eigenvalue weighted by atomic mass is 9.86. The highest BCUT2D eigenvalue weighted by Crippen LogP contribution is 2.39. The number of halogens is 5. The molecule has 1 fully saturated rings. The molecule has 9 nitrogen and oxygen atoms in total. The fraction of sp³-hybridized carbons (Fsp3) is 0.333. The molecule has 3 heterocycles. The minimum absolute atomic E-state index is 0.0234. The number of aromatic nitrogens is 4. The molecule has 0 saturated carbocycles. The lowest BCUT2D eigenvalue weighted by Gasteiger charge is -2.24. The molecular formula is C21H19F5N6O3. The molecule has 2 aromatic heterocycles. The molecule has 1 saturated heterocycles. The summed E-state index contributed by atoms with van der Waals surface area (Å²) in [7, 11) is 1.59. The Morgan fingerprint density at radius 2 is 1.94 bits per heavy atom. The van der Waals surface area contributed by atoms with Gasteiger partial charge in [-0.25, -0.2) is 8.78 Å².